The third-order valence-electron chi connectivity index (χ3n) is 5.37. The fourth-order valence-corrected chi connectivity index (χ4v) is 4.71. The van der Waals surface area contributed by atoms with Crippen molar-refractivity contribution in [3.8, 4) is 11.1 Å². The van der Waals surface area contributed by atoms with Gasteiger partial charge in [0.25, 0.3) is 5.91 Å². The third kappa shape index (κ3) is 4.12. The lowest BCUT2D eigenvalue weighted by atomic mass is 10.1. The number of thiophene rings is 1. The van der Waals surface area contributed by atoms with Gasteiger partial charge >= 0.3 is 0 Å². The molecule has 1 aliphatic rings. The molecule has 1 aliphatic heterocycles. The molecule has 0 saturated carbocycles. The Morgan fingerprint density at radius 3 is 2.39 bits per heavy atom. The first-order chi connectivity index (χ1) is 13.7. The molecular weight excluding hydrogens is 364 g/mol. The van der Waals surface area contributed by atoms with Gasteiger partial charge in [-0.05, 0) is 54.0 Å². The van der Waals surface area contributed by atoms with E-state index in [1.54, 1.807) is 0 Å². The molecule has 0 radical (unpaired) electrons. The number of hydrogen-bond donors (Lipinski definition) is 0. The van der Waals surface area contributed by atoms with Crippen LogP contribution in [0.2, 0.25) is 0 Å². The van der Waals surface area contributed by atoms with E-state index >= 15 is 0 Å². The summed E-state index contributed by atoms with van der Waals surface area (Å²) in [6, 6.07) is 20.9. The highest BCUT2D eigenvalue weighted by atomic mass is 32.1. The van der Waals surface area contributed by atoms with Crippen molar-refractivity contribution < 1.29 is 4.79 Å². The Morgan fingerprint density at radius 2 is 1.68 bits per heavy atom. The zero-order valence-corrected chi connectivity index (χ0v) is 17.1. The maximum atomic E-state index is 13.0. The van der Waals surface area contributed by atoms with Crippen LogP contribution in [0, 0.1) is 0 Å². The molecule has 0 bridgehead atoms. The topological polar surface area (TPSA) is 23.6 Å². The number of piperidine rings is 1. The first-order valence-electron chi connectivity index (χ1n) is 9.94. The van der Waals surface area contributed by atoms with Crippen LogP contribution in [0.3, 0.4) is 0 Å². The maximum absolute atomic E-state index is 13.0. The highest BCUT2D eigenvalue weighted by Crippen LogP contribution is 2.29. The lowest BCUT2D eigenvalue weighted by molar-refractivity contribution is 0.0790. The van der Waals surface area contributed by atoms with Crippen molar-refractivity contribution in [1.82, 2.24) is 4.90 Å². The summed E-state index contributed by atoms with van der Waals surface area (Å²) >= 11 is 1.51. The van der Waals surface area contributed by atoms with Gasteiger partial charge in [0.1, 0.15) is 0 Å². The quantitative estimate of drug-likeness (QED) is 0.560. The Bertz CT molecular complexity index is 911. The average Bonchev–Trinajstić information content (AvgIpc) is 3.25. The third-order valence-corrected chi connectivity index (χ3v) is 6.27. The summed E-state index contributed by atoms with van der Waals surface area (Å²) < 4.78 is 0. The molecule has 0 atom stereocenters. The molecule has 1 aromatic heterocycles. The summed E-state index contributed by atoms with van der Waals surface area (Å²) in [6.45, 7) is 2.92. The molecule has 1 amide bonds. The van der Waals surface area contributed by atoms with Gasteiger partial charge in [0.2, 0.25) is 0 Å². The van der Waals surface area contributed by atoms with E-state index in [1.807, 2.05) is 41.6 Å². The lowest BCUT2D eigenvalue weighted by Gasteiger charge is -2.29. The molecule has 0 N–H and O–H groups in total. The predicted octanol–water partition coefficient (Wildman–Crippen LogP) is 5.68. The maximum Gasteiger partial charge on any atom is 0.264 e. The number of hydrogen-bond acceptors (Lipinski definition) is 3. The largest absolute Gasteiger partial charge is 0.372 e. The van der Waals surface area contributed by atoms with Gasteiger partial charge < -0.3 is 9.80 Å². The monoisotopic (exact) mass is 390 g/mol. The number of carbonyl (C=O) groups is 1. The normalized spacial score (nSPS) is 14.1. The number of anilines is 1. The molecule has 28 heavy (non-hydrogen) atoms. The first kappa shape index (κ1) is 18.8. The number of nitrogens with zero attached hydrogens (tertiary/aromatic N) is 2. The van der Waals surface area contributed by atoms with E-state index in [-0.39, 0.29) is 5.91 Å². The van der Waals surface area contributed by atoms with Gasteiger partial charge in [0.05, 0.1) is 4.88 Å². The van der Waals surface area contributed by atoms with Gasteiger partial charge in [-0.15, -0.1) is 11.3 Å². The van der Waals surface area contributed by atoms with Crippen LogP contribution in [-0.2, 0) is 6.54 Å². The van der Waals surface area contributed by atoms with Crippen molar-refractivity contribution in [3.63, 3.8) is 0 Å². The van der Waals surface area contributed by atoms with Gasteiger partial charge in [-0.2, -0.15) is 0 Å². The van der Waals surface area contributed by atoms with E-state index in [0.717, 1.165) is 34.7 Å². The van der Waals surface area contributed by atoms with Crippen LogP contribution in [-0.4, -0.2) is 30.9 Å². The molecule has 1 fully saturated rings. The van der Waals surface area contributed by atoms with E-state index in [2.05, 4.69) is 41.3 Å². The minimum absolute atomic E-state index is 0.0777. The lowest BCUT2D eigenvalue weighted by Crippen LogP contribution is -2.29. The van der Waals surface area contributed by atoms with Crippen molar-refractivity contribution >= 4 is 22.9 Å². The average molecular weight is 391 g/mol. The van der Waals surface area contributed by atoms with Crippen LogP contribution in [0.25, 0.3) is 11.1 Å². The molecule has 0 aliphatic carbocycles. The minimum Gasteiger partial charge on any atom is -0.372 e. The Hall–Kier alpha value is -2.59. The Morgan fingerprint density at radius 1 is 0.964 bits per heavy atom. The number of rotatable bonds is 5. The van der Waals surface area contributed by atoms with Crippen LogP contribution in [0.1, 0.15) is 34.5 Å². The molecular formula is C24H26N2OS. The SMILES string of the molecule is CN(Cc1ccc(N2CCCCC2)cc1)C(=O)c1sccc1-c1ccccc1. The Balaban J connectivity index is 1.45. The van der Waals surface area contributed by atoms with Crippen molar-refractivity contribution in [3.05, 3.63) is 76.5 Å². The fourth-order valence-electron chi connectivity index (χ4n) is 3.80. The van der Waals surface area contributed by atoms with Crippen LogP contribution in [0.15, 0.2) is 66.0 Å². The Labute approximate surface area is 171 Å². The number of carbonyl (C=O) groups excluding carboxylic acids is 1. The van der Waals surface area contributed by atoms with Crippen molar-refractivity contribution in [2.75, 3.05) is 25.0 Å². The van der Waals surface area contributed by atoms with Crippen molar-refractivity contribution in [1.29, 1.82) is 0 Å². The first-order valence-corrected chi connectivity index (χ1v) is 10.8. The standard InChI is InChI=1S/C24H26N2OS/c1-25(18-19-10-12-21(13-11-19)26-15-6-3-7-16-26)24(27)23-22(14-17-28-23)20-8-4-2-5-9-20/h2,4-5,8-14,17H,3,6-7,15-16,18H2,1H3. The molecule has 4 rings (SSSR count). The van der Waals surface area contributed by atoms with Crippen LogP contribution < -0.4 is 4.90 Å². The summed E-state index contributed by atoms with van der Waals surface area (Å²) in [5.74, 6) is 0.0777. The molecule has 144 valence electrons. The summed E-state index contributed by atoms with van der Waals surface area (Å²) in [5.41, 5.74) is 4.56. The molecule has 0 spiro atoms. The van der Waals surface area contributed by atoms with Crippen molar-refractivity contribution in [2.24, 2.45) is 0 Å². The second kappa shape index (κ2) is 8.61. The van der Waals surface area contributed by atoms with E-state index in [0.29, 0.717) is 6.54 Å². The molecule has 3 nitrogen and oxygen atoms in total. The van der Waals surface area contributed by atoms with E-state index in [1.165, 1.54) is 36.3 Å². The molecule has 2 aromatic carbocycles. The zero-order chi connectivity index (χ0) is 19.3. The summed E-state index contributed by atoms with van der Waals surface area (Å²) in [4.78, 5) is 18.1. The van der Waals surface area contributed by atoms with Gasteiger partial charge in [-0.3, -0.25) is 4.79 Å². The van der Waals surface area contributed by atoms with Crippen LogP contribution in [0.4, 0.5) is 5.69 Å². The molecule has 2 heterocycles. The van der Waals surface area contributed by atoms with Crippen LogP contribution >= 0.6 is 11.3 Å². The second-order valence-electron chi connectivity index (χ2n) is 7.40. The minimum atomic E-state index is 0.0777. The summed E-state index contributed by atoms with van der Waals surface area (Å²) in [7, 11) is 1.88. The summed E-state index contributed by atoms with van der Waals surface area (Å²) in [5, 5.41) is 2.00. The summed E-state index contributed by atoms with van der Waals surface area (Å²) in [6.07, 6.45) is 3.91. The predicted molar refractivity (Wildman–Crippen MR) is 118 cm³/mol. The highest BCUT2D eigenvalue weighted by Gasteiger charge is 2.19. The van der Waals surface area contributed by atoms with Gasteiger partial charge in [-0.25, -0.2) is 0 Å². The van der Waals surface area contributed by atoms with Crippen molar-refractivity contribution in [2.45, 2.75) is 25.8 Å². The molecule has 1 saturated heterocycles. The van der Waals surface area contributed by atoms with E-state index in [4.69, 9.17) is 0 Å². The highest BCUT2D eigenvalue weighted by molar-refractivity contribution is 7.12. The molecule has 3 aromatic rings. The fraction of sp³-hybridized carbons (Fsp3) is 0.292. The van der Waals surface area contributed by atoms with Gasteiger partial charge in [0, 0.05) is 37.9 Å². The smallest absolute Gasteiger partial charge is 0.264 e. The van der Waals surface area contributed by atoms with Gasteiger partial charge in [-0.1, -0.05) is 42.5 Å². The molecule has 0 unspecified atom stereocenters. The van der Waals surface area contributed by atoms with Crippen LogP contribution in [0.5, 0.6) is 0 Å². The van der Waals surface area contributed by atoms with E-state index < -0.39 is 0 Å². The molecule has 4 heteroatoms. The number of amides is 1. The van der Waals surface area contributed by atoms with Gasteiger partial charge in [0.15, 0.2) is 0 Å². The number of benzene rings is 2. The second-order valence-corrected chi connectivity index (χ2v) is 8.32. The van der Waals surface area contributed by atoms with E-state index in [9.17, 15) is 4.79 Å². The zero-order valence-electron chi connectivity index (χ0n) is 16.3. The Kier molecular flexibility index (Phi) is 5.77.